The summed E-state index contributed by atoms with van der Waals surface area (Å²) in [5.74, 6) is 0.291. The Morgan fingerprint density at radius 2 is 1.88 bits per heavy atom. The minimum Gasteiger partial charge on any atom is -0.494 e. The number of nitrogens with zero attached hydrogens (tertiary/aromatic N) is 1. The number of hydrogen-bond acceptors (Lipinski definition) is 3. The van der Waals surface area contributed by atoms with Crippen molar-refractivity contribution >= 4 is 23.2 Å². The second-order valence-corrected chi connectivity index (χ2v) is 6.33. The molecule has 1 unspecified atom stereocenters. The maximum atomic E-state index is 12.6. The van der Waals surface area contributed by atoms with E-state index in [1.54, 1.807) is 4.90 Å². The molecule has 2 aromatic carbocycles. The first-order valence-corrected chi connectivity index (χ1v) is 9.04. The first-order valence-electron chi connectivity index (χ1n) is 9.04. The summed E-state index contributed by atoms with van der Waals surface area (Å²) in [6.07, 6.45) is 1.09. The lowest BCUT2D eigenvalue weighted by Crippen LogP contribution is -2.28. The van der Waals surface area contributed by atoms with Gasteiger partial charge in [0.25, 0.3) is 0 Å². The highest BCUT2D eigenvalue weighted by molar-refractivity contribution is 6.03. The Morgan fingerprint density at radius 3 is 2.58 bits per heavy atom. The lowest BCUT2D eigenvalue weighted by atomic mass is 10.1. The van der Waals surface area contributed by atoms with Crippen LogP contribution in [0.25, 0.3) is 0 Å². The molecule has 0 aromatic heterocycles. The van der Waals surface area contributed by atoms with Crippen molar-refractivity contribution in [2.24, 2.45) is 5.92 Å². The molecule has 26 heavy (non-hydrogen) atoms. The third-order valence-corrected chi connectivity index (χ3v) is 4.59. The molecule has 5 nitrogen and oxygen atoms in total. The predicted molar refractivity (Wildman–Crippen MR) is 103 cm³/mol. The van der Waals surface area contributed by atoms with Crippen LogP contribution in [0.1, 0.15) is 25.8 Å². The molecule has 1 atom stereocenters. The number of amides is 2. The van der Waals surface area contributed by atoms with Crippen LogP contribution in [0.15, 0.2) is 48.5 Å². The Kier molecular flexibility index (Phi) is 5.56. The van der Waals surface area contributed by atoms with E-state index in [0.717, 1.165) is 23.4 Å². The number of anilines is 2. The summed E-state index contributed by atoms with van der Waals surface area (Å²) >= 11 is 0. The van der Waals surface area contributed by atoms with E-state index in [0.29, 0.717) is 18.8 Å². The maximum absolute atomic E-state index is 12.6. The zero-order chi connectivity index (χ0) is 18.5. The molecular weight excluding hydrogens is 328 g/mol. The molecule has 0 spiro atoms. The summed E-state index contributed by atoms with van der Waals surface area (Å²) in [5.41, 5.74) is 2.74. The quantitative estimate of drug-likeness (QED) is 0.863. The minimum atomic E-state index is -0.348. The standard InChI is InChI=1S/C21H24N2O3/c1-3-15-7-5-6-8-19(15)23-14-16(13-20(23)24)21(25)22-17-9-11-18(12-10-17)26-4-2/h5-12,16H,3-4,13-14H2,1-2H3,(H,22,25). The van der Waals surface area contributed by atoms with Gasteiger partial charge in [0, 0.05) is 24.3 Å². The van der Waals surface area contributed by atoms with Crippen molar-refractivity contribution in [3.8, 4) is 5.75 Å². The fourth-order valence-electron chi connectivity index (χ4n) is 3.23. The monoisotopic (exact) mass is 352 g/mol. The van der Waals surface area contributed by atoms with Crippen LogP contribution in [0.3, 0.4) is 0 Å². The van der Waals surface area contributed by atoms with Crippen molar-refractivity contribution in [1.29, 1.82) is 0 Å². The largest absolute Gasteiger partial charge is 0.494 e. The molecule has 1 fully saturated rings. The third kappa shape index (κ3) is 3.87. The molecule has 136 valence electrons. The maximum Gasteiger partial charge on any atom is 0.229 e. The topological polar surface area (TPSA) is 58.6 Å². The average Bonchev–Trinajstić information content (AvgIpc) is 3.05. The fourth-order valence-corrected chi connectivity index (χ4v) is 3.23. The predicted octanol–water partition coefficient (Wildman–Crippen LogP) is 3.64. The minimum absolute atomic E-state index is 0.00209. The van der Waals surface area contributed by atoms with Crippen molar-refractivity contribution in [2.45, 2.75) is 26.7 Å². The first kappa shape index (κ1) is 18.0. The molecule has 1 aliphatic rings. The van der Waals surface area contributed by atoms with Gasteiger partial charge in [-0.3, -0.25) is 9.59 Å². The molecule has 0 saturated carbocycles. The Morgan fingerprint density at radius 1 is 1.15 bits per heavy atom. The van der Waals surface area contributed by atoms with Crippen LogP contribution in [0.5, 0.6) is 5.75 Å². The SMILES string of the molecule is CCOc1ccc(NC(=O)C2CC(=O)N(c3ccccc3CC)C2)cc1. The Bertz CT molecular complexity index is 786. The van der Waals surface area contributed by atoms with E-state index in [4.69, 9.17) is 4.74 Å². The second kappa shape index (κ2) is 8.04. The van der Waals surface area contributed by atoms with E-state index in [9.17, 15) is 9.59 Å². The molecular formula is C21H24N2O3. The van der Waals surface area contributed by atoms with Gasteiger partial charge in [0.15, 0.2) is 0 Å². The molecule has 0 bridgehead atoms. The molecule has 0 radical (unpaired) electrons. The summed E-state index contributed by atoms with van der Waals surface area (Å²) < 4.78 is 5.40. The summed E-state index contributed by atoms with van der Waals surface area (Å²) in [7, 11) is 0. The van der Waals surface area contributed by atoms with Gasteiger partial charge in [0.1, 0.15) is 5.75 Å². The van der Waals surface area contributed by atoms with Crippen LogP contribution < -0.4 is 15.0 Å². The number of nitrogens with one attached hydrogen (secondary N) is 1. The lowest BCUT2D eigenvalue weighted by molar-refractivity contribution is -0.122. The zero-order valence-electron chi connectivity index (χ0n) is 15.2. The van der Waals surface area contributed by atoms with Crippen LogP contribution in [-0.2, 0) is 16.0 Å². The summed E-state index contributed by atoms with van der Waals surface area (Å²) in [6.45, 7) is 5.01. The van der Waals surface area contributed by atoms with Crippen molar-refractivity contribution in [1.82, 2.24) is 0 Å². The van der Waals surface area contributed by atoms with Gasteiger partial charge in [0.05, 0.1) is 12.5 Å². The lowest BCUT2D eigenvalue weighted by Gasteiger charge is -2.20. The molecule has 2 aromatic rings. The van der Waals surface area contributed by atoms with Crippen LogP contribution in [0.2, 0.25) is 0 Å². The highest BCUT2D eigenvalue weighted by Gasteiger charge is 2.35. The molecule has 1 heterocycles. The highest BCUT2D eigenvalue weighted by atomic mass is 16.5. The summed E-state index contributed by atoms with van der Waals surface area (Å²) in [5, 5.41) is 2.90. The van der Waals surface area contributed by atoms with E-state index in [-0.39, 0.29) is 24.2 Å². The number of ether oxygens (including phenoxy) is 1. The van der Waals surface area contributed by atoms with Crippen LogP contribution in [0.4, 0.5) is 11.4 Å². The summed E-state index contributed by atoms with van der Waals surface area (Å²) in [6, 6.07) is 15.1. The molecule has 5 heteroatoms. The Hall–Kier alpha value is -2.82. The van der Waals surface area contributed by atoms with Gasteiger partial charge in [-0.05, 0) is 49.2 Å². The van der Waals surface area contributed by atoms with Gasteiger partial charge in [-0.2, -0.15) is 0 Å². The van der Waals surface area contributed by atoms with Gasteiger partial charge in [-0.25, -0.2) is 0 Å². The van der Waals surface area contributed by atoms with Crippen molar-refractivity contribution in [3.63, 3.8) is 0 Å². The first-order chi connectivity index (χ1) is 12.6. The van der Waals surface area contributed by atoms with E-state index >= 15 is 0 Å². The average molecular weight is 352 g/mol. The number of hydrogen-bond donors (Lipinski definition) is 1. The molecule has 1 N–H and O–H groups in total. The van der Waals surface area contributed by atoms with Crippen LogP contribution in [-0.4, -0.2) is 25.0 Å². The molecule has 1 aliphatic heterocycles. The van der Waals surface area contributed by atoms with Gasteiger partial charge < -0.3 is 15.0 Å². The fraction of sp³-hybridized carbons (Fsp3) is 0.333. The number of aryl methyl sites for hydroxylation is 1. The third-order valence-electron chi connectivity index (χ3n) is 4.59. The number of benzene rings is 2. The van der Waals surface area contributed by atoms with Gasteiger partial charge in [0.2, 0.25) is 11.8 Å². The number of carbonyl (C=O) groups excluding carboxylic acids is 2. The Balaban J connectivity index is 1.67. The van der Waals surface area contributed by atoms with E-state index in [1.807, 2.05) is 55.5 Å². The van der Waals surface area contributed by atoms with Crippen LogP contribution >= 0.6 is 0 Å². The van der Waals surface area contributed by atoms with Crippen molar-refractivity contribution in [3.05, 3.63) is 54.1 Å². The molecule has 0 aliphatic carbocycles. The van der Waals surface area contributed by atoms with Gasteiger partial charge >= 0.3 is 0 Å². The van der Waals surface area contributed by atoms with E-state index < -0.39 is 0 Å². The number of rotatable bonds is 6. The normalized spacial score (nSPS) is 16.6. The molecule has 1 saturated heterocycles. The van der Waals surface area contributed by atoms with Gasteiger partial charge in [-0.15, -0.1) is 0 Å². The molecule has 3 rings (SSSR count). The molecule has 2 amide bonds. The second-order valence-electron chi connectivity index (χ2n) is 6.33. The van der Waals surface area contributed by atoms with Crippen molar-refractivity contribution in [2.75, 3.05) is 23.4 Å². The van der Waals surface area contributed by atoms with Crippen LogP contribution in [0, 0.1) is 5.92 Å². The highest BCUT2D eigenvalue weighted by Crippen LogP contribution is 2.29. The number of carbonyl (C=O) groups is 2. The zero-order valence-corrected chi connectivity index (χ0v) is 15.2. The Labute approximate surface area is 154 Å². The van der Waals surface area contributed by atoms with E-state index in [2.05, 4.69) is 12.2 Å². The summed E-state index contributed by atoms with van der Waals surface area (Å²) in [4.78, 5) is 26.8. The van der Waals surface area contributed by atoms with Crippen molar-refractivity contribution < 1.29 is 14.3 Å². The van der Waals surface area contributed by atoms with Gasteiger partial charge in [-0.1, -0.05) is 25.1 Å². The smallest absolute Gasteiger partial charge is 0.229 e. The number of para-hydroxylation sites is 1. The van der Waals surface area contributed by atoms with E-state index in [1.165, 1.54) is 0 Å².